The lowest BCUT2D eigenvalue weighted by Gasteiger charge is -2.22. The van der Waals surface area contributed by atoms with Gasteiger partial charge in [0, 0.05) is 12.0 Å². The number of rotatable bonds is 2. The van der Waals surface area contributed by atoms with E-state index in [-0.39, 0.29) is 5.41 Å². The molecule has 1 nitrogen and oxygen atoms in total. The molecule has 0 radical (unpaired) electrons. The van der Waals surface area contributed by atoms with Gasteiger partial charge in [0.25, 0.3) is 0 Å². The van der Waals surface area contributed by atoms with Gasteiger partial charge in [-0.05, 0) is 18.4 Å². The van der Waals surface area contributed by atoms with Crippen LogP contribution in [0.1, 0.15) is 18.9 Å². The molecule has 1 unspecified atom stereocenters. The summed E-state index contributed by atoms with van der Waals surface area (Å²) in [6.07, 6.45) is 2.21. The zero-order valence-corrected chi connectivity index (χ0v) is 9.23. The first kappa shape index (κ1) is 9.66. The maximum Gasteiger partial charge on any atom is 0.0817 e. The Balaban J connectivity index is 2.14. The molecule has 2 rings (SSSR count). The summed E-state index contributed by atoms with van der Waals surface area (Å²) in [5.74, 6) is 0. The maximum absolute atomic E-state index is 5.34. The monoisotopic (exact) mass is 205 g/mol. The highest BCUT2D eigenvalue weighted by Gasteiger charge is 2.33. The van der Waals surface area contributed by atoms with Gasteiger partial charge in [-0.2, -0.15) is 0 Å². The van der Waals surface area contributed by atoms with Gasteiger partial charge < -0.3 is 5.32 Å². The third-order valence-electron chi connectivity index (χ3n) is 2.95. The Hall–Kier alpha value is -0.890. The van der Waals surface area contributed by atoms with Gasteiger partial charge in [-0.1, -0.05) is 49.5 Å². The molecular weight excluding hydrogens is 190 g/mol. The Morgan fingerprint density at radius 2 is 2.07 bits per heavy atom. The number of hydrogen-bond donors (Lipinski definition) is 1. The van der Waals surface area contributed by atoms with Crippen LogP contribution < -0.4 is 5.32 Å². The van der Waals surface area contributed by atoms with Crippen LogP contribution in [0.2, 0.25) is 0 Å². The highest BCUT2D eigenvalue weighted by atomic mass is 32.1. The maximum atomic E-state index is 5.34. The minimum absolute atomic E-state index is 0.177. The first-order chi connectivity index (χ1) is 6.71. The summed E-state index contributed by atoms with van der Waals surface area (Å²) in [6.45, 7) is 3.28. The number of nitrogens with one attached hydrogen (secondary N) is 1. The lowest BCUT2D eigenvalue weighted by molar-refractivity contribution is 0.472. The molecule has 2 heteroatoms. The van der Waals surface area contributed by atoms with Gasteiger partial charge in [-0.25, -0.2) is 0 Å². The number of benzene rings is 1. The van der Waals surface area contributed by atoms with E-state index < -0.39 is 0 Å². The zero-order chi connectivity index (χ0) is 10.0. The van der Waals surface area contributed by atoms with Crippen LogP contribution in [0.5, 0.6) is 0 Å². The second kappa shape index (κ2) is 3.70. The van der Waals surface area contributed by atoms with E-state index in [4.69, 9.17) is 12.2 Å². The fraction of sp³-hybridized carbons (Fsp3) is 0.417. The smallest absolute Gasteiger partial charge is 0.0817 e. The Kier molecular flexibility index (Phi) is 2.55. The molecule has 1 atom stereocenters. The largest absolute Gasteiger partial charge is 0.379 e. The summed E-state index contributed by atoms with van der Waals surface area (Å²) in [5, 5.41) is 3.26. The second-order valence-electron chi connectivity index (χ2n) is 4.23. The topological polar surface area (TPSA) is 12.0 Å². The highest BCUT2D eigenvalue weighted by molar-refractivity contribution is 7.80. The summed E-state index contributed by atoms with van der Waals surface area (Å²) in [7, 11) is 0. The molecular formula is C12H15NS. The average Bonchev–Trinajstić information content (AvgIpc) is 2.48. The SMILES string of the molecule is CC1(Cc2ccccc2)CCNC1=S. The summed E-state index contributed by atoms with van der Waals surface area (Å²) in [4.78, 5) is 1.03. The van der Waals surface area contributed by atoms with E-state index in [1.807, 2.05) is 0 Å². The molecule has 14 heavy (non-hydrogen) atoms. The normalized spacial score (nSPS) is 26.2. The van der Waals surface area contributed by atoms with Crippen molar-refractivity contribution in [3.8, 4) is 0 Å². The van der Waals surface area contributed by atoms with Gasteiger partial charge in [0.05, 0.1) is 4.99 Å². The molecule has 0 amide bonds. The zero-order valence-electron chi connectivity index (χ0n) is 8.42. The van der Waals surface area contributed by atoms with Crippen molar-refractivity contribution in [3.63, 3.8) is 0 Å². The van der Waals surface area contributed by atoms with Crippen molar-refractivity contribution in [1.82, 2.24) is 5.32 Å². The van der Waals surface area contributed by atoms with Crippen LogP contribution in [0.3, 0.4) is 0 Å². The molecule has 1 N–H and O–H groups in total. The average molecular weight is 205 g/mol. The van der Waals surface area contributed by atoms with Gasteiger partial charge in [-0.3, -0.25) is 0 Å². The minimum atomic E-state index is 0.177. The predicted molar refractivity (Wildman–Crippen MR) is 63.5 cm³/mol. The molecule has 1 fully saturated rings. The molecule has 1 aromatic carbocycles. The predicted octanol–water partition coefficient (Wildman–Crippen LogP) is 2.56. The van der Waals surface area contributed by atoms with Gasteiger partial charge >= 0.3 is 0 Å². The Morgan fingerprint density at radius 1 is 1.36 bits per heavy atom. The molecule has 1 heterocycles. The molecule has 1 aliphatic rings. The lowest BCUT2D eigenvalue weighted by atomic mass is 9.83. The van der Waals surface area contributed by atoms with Gasteiger partial charge in [0.2, 0.25) is 0 Å². The van der Waals surface area contributed by atoms with Crippen LogP contribution in [0.4, 0.5) is 0 Å². The van der Waals surface area contributed by atoms with Crippen molar-refractivity contribution in [2.24, 2.45) is 5.41 Å². The molecule has 1 aromatic rings. The molecule has 0 aromatic heterocycles. The molecule has 0 aliphatic carbocycles. The van der Waals surface area contributed by atoms with Crippen molar-refractivity contribution < 1.29 is 0 Å². The Labute approximate surface area is 90.5 Å². The van der Waals surface area contributed by atoms with E-state index in [1.165, 1.54) is 5.56 Å². The van der Waals surface area contributed by atoms with Crippen LogP contribution in [0, 0.1) is 5.41 Å². The summed E-state index contributed by atoms with van der Waals surface area (Å²) in [6, 6.07) is 10.6. The van der Waals surface area contributed by atoms with Crippen LogP contribution in [-0.2, 0) is 6.42 Å². The summed E-state index contributed by atoms with van der Waals surface area (Å²) in [5.41, 5.74) is 1.55. The van der Waals surface area contributed by atoms with E-state index >= 15 is 0 Å². The van der Waals surface area contributed by atoms with Gasteiger partial charge in [0.1, 0.15) is 0 Å². The number of thiocarbonyl (C=S) groups is 1. The molecule has 0 spiro atoms. The third-order valence-corrected chi connectivity index (χ3v) is 3.58. The second-order valence-corrected chi connectivity index (χ2v) is 4.64. The van der Waals surface area contributed by atoms with Crippen LogP contribution in [0.25, 0.3) is 0 Å². The van der Waals surface area contributed by atoms with Gasteiger partial charge in [-0.15, -0.1) is 0 Å². The van der Waals surface area contributed by atoms with E-state index in [0.717, 1.165) is 24.4 Å². The Bertz CT molecular complexity index is 333. The standard InChI is InChI=1S/C12H15NS/c1-12(7-8-13-11(12)14)9-10-5-3-2-4-6-10/h2-6H,7-9H2,1H3,(H,13,14). The van der Waals surface area contributed by atoms with E-state index in [2.05, 4.69) is 42.6 Å². The molecule has 1 aliphatic heterocycles. The quantitative estimate of drug-likeness (QED) is 0.745. The third kappa shape index (κ3) is 1.80. The first-order valence-electron chi connectivity index (χ1n) is 5.03. The van der Waals surface area contributed by atoms with Crippen molar-refractivity contribution in [2.75, 3.05) is 6.54 Å². The fourth-order valence-electron chi connectivity index (χ4n) is 1.99. The molecule has 0 saturated carbocycles. The van der Waals surface area contributed by atoms with Crippen molar-refractivity contribution >= 4 is 17.2 Å². The first-order valence-corrected chi connectivity index (χ1v) is 5.44. The summed E-state index contributed by atoms with van der Waals surface area (Å²) >= 11 is 5.34. The molecule has 0 bridgehead atoms. The van der Waals surface area contributed by atoms with Crippen molar-refractivity contribution in [3.05, 3.63) is 35.9 Å². The summed E-state index contributed by atoms with van der Waals surface area (Å²) < 4.78 is 0. The van der Waals surface area contributed by atoms with Crippen molar-refractivity contribution in [1.29, 1.82) is 0 Å². The fourth-order valence-corrected chi connectivity index (χ4v) is 2.27. The van der Waals surface area contributed by atoms with Crippen LogP contribution in [-0.4, -0.2) is 11.5 Å². The van der Waals surface area contributed by atoms with Crippen molar-refractivity contribution in [2.45, 2.75) is 19.8 Å². The van der Waals surface area contributed by atoms with Crippen LogP contribution in [0.15, 0.2) is 30.3 Å². The Morgan fingerprint density at radius 3 is 2.64 bits per heavy atom. The van der Waals surface area contributed by atoms with E-state index in [0.29, 0.717) is 0 Å². The number of hydrogen-bond acceptors (Lipinski definition) is 1. The van der Waals surface area contributed by atoms with E-state index in [1.54, 1.807) is 0 Å². The highest BCUT2D eigenvalue weighted by Crippen LogP contribution is 2.31. The minimum Gasteiger partial charge on any atom is -0.379 e. The van der Waals surface area contributed by atoms with E-state index in [9.17, 15) is 0 Å². The molecule has 74 valence electrons. The van der Waals surface area contributed by atoms with Crippen LogP contribution >= 0.6 is 12.2 Å². The molecule has 1 saturated heterocycles. The lowest BCUT2D eigenvalue weighted by Crippen LogP contribution is -2.28. The van der Waals surface area contributed by atoms with Gasteiger partial charge in [0.15, 0.2) is 0 Å².